The van der Waals surface area contributed by atoms with Gasteiger partial charge in [-0.3, -0.25) is 4.98 Å². The van der Waals surface area contributed by atoms with Crippen molar-refractivity contribution < 1.29 is 0 Å². The first-order valence-corrected chi connectivity index (χ1v) is 11.3. The molecule has 1 fully saturated rings. The molecule has 0 radical (unpaired) electrons. The number of allylic oxidation sites excluding steroid dienone is 1. The van der Waals surface area contributed by atoms with Crippen molar-refractivity contribution >= 4 is 11.3 Å². The molecule has 2 unspecified atom stereocenters. The molecule has 1 aliphatic carbocycles. The molecule has 2 heterocycles. The zero-order valence-electron chi connectivity index (χ0n) is 18.3. The van der Waals surface area contributed by atoms with Crippen LogP contribution in [0.4, 0.5) is 5.69 Å². The Morgan fingerprint density at radius 2 is 1.90 bits per heavy atom. The second-order valence-electron chi connectivity index (χ2n) is 8.93. The van der Waals surface area contributed by atoms with Gasteiger partial charge in [0.25, 0.3) is 0 Å². The van der Waals surface area contributed by atoms with E-state index in [9.17, 15) is 0 Å². The Morgan fingerprint density at radius 1 is 1.07 bits per heavy atom. The highest BCUT2D eigenvalue weighted by atomic mass is 15.2. The summed E-state index contributed by atoms with van der Waals surface area (Å²) in [6, 6.07) is 13.7. The minimum atomic E-state index is 0.655. The molecule has 3 nitrogen and oxygen atoms in total. The summed E-state index contributed by atoms with van der Waals surface area (Å²) in [5.74, 6) is 1.40. The van der Waals surface area contributed by atoms with Crippen molar-refractivity contribution in [3.63, 3.8) is 0 Å². The predicted molar refractivity (Wildman–Crippen MR) is 123 cm³/mol. The number of benzene rings is 1. The molecule has 1 saturated heterocycles. The molecule has 2 aromatic rings. The van der Waals surface area contributed by atoms with Crippen molar-refractivity contribution in [2.24, 2.45) is 11.8 Å². The van der Waals surface area contributed by atoms with Gasteiger partial charge in [-0.25, -0.2) is 0 Å². The first-order valence-electron chi connectivity index (χ1n) is 11.3. The molecule has 1 aliphatic heterocycles. The van der Waals surface area contributed by atoms with Crippen molar-refractivity contribution in [3.05, 3.63) is 65.5 Å². The standard InChI is InChI=1S/C26H35N3/c1-4-5-15-28(3)16-14-21-7-9-22(10-8-21)25-13-11-23-18-29(19-26(23)25)24-12-6-20(2)27-17-24/h6-10,12-13,17,23,26H,4-5,11,14-16,18-19H2,1-3H3. The summed E-state index contributed by atoms with van der Waals surface area (Å²) in [5.41, 5.74) is 6.79. The minimum absolute atomic E-state index is 0.655. The SMILES string of the molecule is CCCCN(C)CCc1ccc(C2=CCC3CN(c4ccc(C)nc4)CC23)cc1. The summed E-state index contributed by atoms with van der Waals surface area (Å²) >= 11 is 0. The van der Waals surface area contributed by atoms with Crippen LogP contribution in [0.2, 0.25) is 0 Å². The molecule has 0 N–H and O–H groups in total. The Bertz CT molecular complexity index is 822. The number of nitrogens with zero attached hydrogens (tertiary/aromatic N) is 3. The van der Waals surface area contributed by atoms with E-state index < -0.39 is 0 Å². The van der Waals surface area contributed by atoms with Gasteiger partial charge in [-0.1, -0.05) is 43.7 Å². The van der Waals surface area contributed by atoms with E-state index in [2.05, 4.69) is 78.2 Å². The largest absolute Gasteiger partial charge is 0.369 e. The lowest BCUT2D eigenvalue weighted by Gasteiger charge is -2.20. The Kier molecular flexibility index (Phi) is 6.34. The molecular weight excluding hydrogens is 354 g/mol. The molecule has 2 atom stereocenters. The first-order chi connectivity index (χ1) is 14.1. The fourth-order valence-corrected chi connectivity index (χ4v) is 4.81. The van der Waals surface area contributed by atoms with Crippen LogP contribution in [-0.2, 0) is 6.42 Å². The van der Waals surface area contributed by atoms with Gasteiger partial charge in [0.05, 0.1) is 11.9 Å². The highest BCUT2D eigenvalue weighted by molar-refractivity contribution is 5.71. The molecule has 154 valence electrons. The fraction of sp³-hybridized carbons (Fsp3) is 0.500. The number of hydrogen-bond donors (Lipinski definition) is 0. The lowest BCUT2D eigenvalue weighted by Crippen LogP contribution is -2.22. The second kappa shape index (κ2) is 9.13. The maximum Gasteiger partial charge on any atom is 0.0553 e. The summed E-state index contributed by atoms with van der Waals surface area (Å²) in [6.45, 7) is 8.93. The number of aromatic nitrogens is 1. The van der Waals surface area contributed by atoms with Crippen LogP contribution in [0.3, 0.4) is 0 Å². The summed E-state index contributed by atoms with van der Waals surface area (Å²) in [5, 5.41) is 0. The van der Waals surface area contributed by atoms with E-state index in [4.69, 9.17) is 0 Å². The van der Waals surface area contributed by atoms with Crippen molar-refractivity contribution in [2.75, 3.05) is 38.1 Å². The molecule has 4 rings (SSSR count). The van der Waals surface area contributed by atoms with E-state index in [-0.39, 0.29) is 0 Å². The normalized spacial score (nSPS) is 21.0. The maximum atomic E-state index is 4.49. The van der Waals surface area contributed by atoms with Crippen LogP contribution >= 0.6 is 0 Å². The minimum Gasteiger partial charge on any atom is -0.369 e. The second-order valence-corrected chi connectivity index (χ2v) is 8.93. The number of pyridine rings is 1. The molecule has 2 aliphatic rings. The molecule has 0 spiro atoms. The van der Waals surface area contributed by atoms with Crippen LogP contribution in [0.15, 0.2) is 48.7 Å². The van der Waals surface area contributed by atoms with Crippen molar-refractivity contribution in [1.29, 1.82) is 0 Å². The number of aryl methyl sites for hydroxylation is 1. The number of hydrogen-bond acceptors (Lipinski definition) is 3. The number of rotatable bonds is 8. The average Bonchev–Trinajstić information content (AvgIpc) is 3.32. The molecule has 0 saturated carbocycles. The Morgan fingerprint density at radius 3 is 2.62 bits per heavy atom. The van der Waals surface area contributed by atoms with Crippen molar-refractivity contribution in [2.45, 2.75) is 39.5 Å². The van der Waals surface area contributed by atoms with E-state index in [1.807, 2.05) is 6.20 Å². The topological polar surface area (TPSA) is 19.4 Å². The van der Waals surface area contributed by atoms with Gasteiger partial charge in [-0.2, -0.15) is 0 Å². The molecular formula is C26H35N3. The molecule has 0 bridgehead atoms. The highest BCUT2D eigenvalue weighted by Crippen LogP contribution is 2.44. The number of likely N-dealkylation sites (N-methyl/N-ethyl adjacent to an activating group) is 1. The van der Waals surface area contributed by atoms with E-state index in [1.165, 1.54) is 42.6 Å². The van der Waals surface area contributed by atoms with E-state index in [0.717, 1.165) is 37.7 Å². The van der Waals surface area contributed by atoms with E-state index in [0.29, 0.717) is 5.92 Å². The van der Waals surface area contributed by atoms with Gasteiger partial charge >= 0.3 is 0 Å². The molecule has 3 heteroatoms. The van der Waals surface area contributed by atoms with Gasteiger partial charge < -0.3 is 9.80 Å². The predicted octanol–water partition coefficient (Wildman–Crippen LogP) is 5.20. The van der Waals surface area contributed by atoms with Crippen LogP contribution in [0.5, 0.6) is 0 Å². The van der Waals surface area contributed by atoms with Crippen LogP contribution in [0.1, 0.15) is 43.0 Å². The monoisotopic (exact) mass is 389 g/mol. The maximum absolute atomic E-state index is 4.49. The lowest BCUT2D eigenvalue weighted by molar-refractivity contribution is 0.332. The highest BCUT2D eigenvalue weighted by Gasteiger charge is 2.38. The van der Waals surface area contributed by atoms with Crippen LogP contribution in [-0.4, -0.2) is 43.1 Å². The Labute approximate surface area is 176 Å². The number of anilines is 1. The smallest absolute Gasteiger partial charge is 0.0553 e. The van der Waals surface area contributed by atoms with E-state index in [1.54, 1.807) is 5.57 Å². The zero-order chi connectivity index (χ0) is 20.2. The third-order valence-corrected chi connectivity index (χ3v) is 6.70. The molecule has 1 aromatic carbocycles. The summed E-state index contributed by atoms with van der Waals surface area (Å²) in [7, 11) is 2.24. The van der Waals surface area contributed by atoms with Gasteiger partial charge in [-0.15, -0.1) is 0 Å². The zero-order valence-corrected chi connectivity index (χ0v) is 18.3. The van der Waals surface area contributed by atoms with Gasteiger partial charge in [0.1, 0.15) is 0 Å². The average molecular weight is 390 g/mol. The Hall–Kier alpha value is -2.13. The molecule has 1 aromatic heterocycles. The quantitative estimate of drug-likeness (QED) is 0.618. The third-order valence-electron chi connectivity index (χ3n) is 6.70. The van der Waals surface area contributed by atoms with Crippen LogP contribution < -0.4 is 4.90 Å². The van der Waals surface area contributed by atoms with Gasteiger partial charge in [-0.05, 0) is 74.5 Å². The number of unbranched alkanes of at least 4 members (excludes halogenated alkanes) is 1. The molecule has 0 amide bonds. The van der Waals surface area contributed by atoms with Gasteiger partial charge in [0.15, 0.2) is 0 Å². The van der Waals surface area contributed by atoms with Gasteiger partial charge in [0, 0.05) is 31.2 Å². The fourth-order valence-electron chi connectivity index (χ4n) is 4.81. The van der Waals surface area contributed by atoms with Crippen molar-refractivity contribution in [3.8, 4) is 0 Å². The summed E-state index contributed by atoms with van der Waals surface area (Å²) < 4.78 is 0. The van der Waals surface area contributed by atoms with Crippen molar-refractivity contribution in [1.82, 2.24) is 9.88 Å². The third kappa shape index (κ3) is 4.72. The summed E-state index contributed by atoms with van der Waals surface area (Å²) in [4.78, 5) is 9.47. The van der Waals surface area contributed by atoms with E-state index >= 15 is 0 Å². The van der Waals surface area contributed by atoms with Crippen LogP contribution in [0, 0.1) is 18.8 Å². The molecule has 29 heavy (non-hydrogen) atoms. The Balaban J connectivity index is 1.36. The summed E-state index contributed by atoms with van der Waals surface area (Å²) in [6.07, 6.45) is 9.44. The van der Waals surface area contributed by atoms with Crippen LogP contribution in [0.25, 0.3) is 5.57 Å². The first kappa shape index (κ1) is 20.2. The lowest BCUT2D eigenvalue weighted by atomic mass is 9.90. The number of fused-ring (bicyclic) bond motifs is 1. The van der Waals surface area contributed by atoms with Gasteiger partial charge in [0.2, 0.25) is 0 Å².